The van der Waals surface area contributed by atoms with Gasteiger partial charge < -0.3 is 11.1 Å². The molecule has 5 nitrogen and oxygen atoms in total. The number of alkyl halides is 3. The molecule has 0 saturated heterocycles. The Balaban J connectivity index is 3.72. The number of rotatable bonds is 7. The first-order chi connectivity index (χ1) is 8.29. The summed E-state index contributed by atoms with van der Waals surface area (Å²) in [4.78, 5) is 21.7. The van der Waals surface area contributed by atoms with Crippen LogP contribution in [0, 0.1) is 0 Å². The monoisotopic (exact) mass is 289 g/mol. The van der Waals surface area contributed by atoms with Crippen molar-refractivity contribution in [3.63, 3.8) is 0 Å². The first-order valence-electron chi connectivity index (χ1n) is 5.30. The van der Waals surface area contributed by atoms with Crippen LogP contribution in [0.5, 0.6) is 0 Å². The molecule has 0 fully saturated rings. The van der Waals surface area contributed by atoms with Gasteiger partial charge in [0.2, 0.25) is 5.91 Å². The Hall–Kier alpha value is -1.02. The van der Waals surface area contributed by atoms with Crippen molar-refractivity contribution in [3.05, 3.63) is 0 Å². The van der Waals surface area contributed by atoms with E-state index in [2.05, 4.69) is 0 Å². The van der Waals surface area contributed by atoms with Gasteiger partial charge in [0.05, 0.1) is 0 Å². The van der Waals surface area contributed by atoms with E-state index in [0.29, 0.717) is 13.0 Å². The second-order valence-corrected chi connectivity index (χ2v) is 3.89. The number of nitrogens with zero attached hydrogens (tertiary/aromatic N) is 1. The standard InChI is InChI=1S/C9H15ClF3N3O2/c10-16(6-2-4-14)7(17)3-1-5-15-8(18)9(11,12)13/h1-6,14H2,(H,15,18). The van der Waals surface area contributed by atoms with Gasteiger partial charge in [0.15, 0.2) is 0 Å². The van der Waals surface area contributed by atoms with E-state index in [9.17, 15) is 22.8 Å². The molecule has 0 bridgehead atoms. The molecular weight excluding hydrogens is 275 g/mol. The SMILES string of the molecule is NCCCN(Cl)C(=O)CCCNC(=O)C(F)(F)F. The molecule has 0 aliphatic carbocycles. The minimum Gasteiger partial charge on any atom is -0.348 e. The molecule has 0 aromatic heterocycles. The van der Waals surface area contributed by atoms with E-state index in [1.165, 1.54) is 0 Å². The molecule has 0 aromatic carbocycles. The van der Waals surface area contributed by atoms with Gasteiger partial charge >= 0.3 is 12.1 Å². The molecule has 0 radical (unpaired) electrons. The first-order valence-corrected chi connectivity index (χ1v) is 5.64. The normalized spacial score (nSPS) is 11.2. The smallest absolute Gasteiger partial charge is 0.348 e. The summed E-state index contributed by atoms with van der Waals surface area (Å²) in [5.74, 6) is -2.42. The van der Waals surface area contributed by atoms with Crippen LogP contribution in [0.1, 0.15) is 19.3 Å². The zero-order valence-corrected chi connectivity index (χ0v) is 10.4. The Kier molecular flexibility index (Phi) is 7.69. The summed E-state index contributed by atoms with van der Waals surface area (Å²) >= 11 is 5.59. The maximum atomic E-state index is 11.8. The van der Waals surface area contributed by atoms with Gasteiger partial charge in [0, 0.05) is 31.3 Å². The number of nitrogens with one attached hydrogen (secondary N) is 1. The lowest BCUT2D eigenvalue weighted by molar-refractivity contribution is -0.173. The molecule has 0 heterocycles. The highest BCUT2D eigenvalue weighted by atomic mass is 35.5. The zero-order valence-electron chi connectivity index (χ0n) is 9.60. The third kappa shape index (κ3) is 7.33. The van der Waals surface area contributed by atoms with Crippen molar-refractivity contribution in [2.45, 2.75) is 25.4 Å². The van der Waals surface area contributed by atoms with E-state index in [-0.39, 0.29) is 25.9 Å². The van der Waals surface area contributed by atoms with Crippen molar-refractivity contribution in [3.8, 4) is 0 Å². The Morgan fingerprint density at radius 1 is 1.28 bits per heavy atom. The minimum absolute atomic E-state index is 0.0355. The summed E-state index contributed by atoms with van der Waals surface area (Å²) < 4.78 is 36.3. The Morgan fingerprint density at radius 2 is 1.89 bits per heavy atom. The topological polar surface area (TPSA) is 75.4 Å². The average Bonchev–Trinajstić information content (AvgIpc) is 2.29. The van der Waals surface area contributed by atoms with Crippen LogP contribution < -0.4 is 11.1 Å². The summed E-state index contributed by atoms with van der Waals surface area (Å²) in [6.45, 7) is 0.440. The van der Waals surface area contributed by atoms with Crippen molar-refractivity contribution in [1.29, 1.82) is 0 Å². The highest BCUT2D eigenvalue weighted by Crippen LogP contribution is 2.14. The third-order valence-corrected chi connectivity index (χ3v) is 2.30. The van der Waals surface area contributed by atoms with E-state index in [4.69, 9.17) is 17.5 Å². The van der Waals surface area contributed by atoms with E-state index in [0.717, 1.165) is 4.42 Å². The van der Waals surface area contributed by atoms with Crippen LogP contribution >= 0.6 is 11.8 Å². The van der Waals surface area contributed by atoms with Crippen LogP contribution in [0.3, 0.4) is 0 Å². The molecular formula is C9H15ClF3N3O2. The highest BCUT2D eigenvalue weighted by Gasteiger charge is 2.38. The van der Waals surface area contributed by atoms with Gasteiger partial charge in [-0.3, -0.25) is 14.0 Å². The van der Waals surface area contributed by atoms with Gasteiger partial charge in [-0.05, 0) is 19.4 Å². The van der Waals surface area contributed by atoms with Crippen LogP contribution in [0.2, 0.25) is 0 Å². The van der Waals surface area contributed by atoms with Crippen molar-refractivity contribution < 1.29 is 22.8 Å². The van der Waals surface area contributed by atoms with Crippen LogP contribution in [0.4, 0.5) is 13.2 Å². The molecule has 0 rings (SSSR count). The lowest BCUT2D eigenvalue weighted by Gasteiger charge is -2.13. The predicted molar refractivity (Wildman–Crippen MR) is 59.5 cm³/mol. The largest absolute Gasteiger partial charge is 0.471 e. The van der Waals surface area contributed by atoms with Crippen molar-refractivity contribution in [1.82, 2.24) is 9.74 Å². The summed E-state index contributed by atoms with van der Waals surface area (Å²) in [6.07, 6.45) is -4.30. The molecule has 106 valence electrons. The maximum Gasteiger partial charge on any atom is 0.471 e. The highest BCUT2D eigenvalue weighted by molar-refractivity contribution is 6.21. The first kappa shape index (κ1) is 17.0. The number of amides is 2. The lowest BCUT2D eigenvalue weighted by Crippen LogP contribution is -2.37. The van der Waals surface area contributed by atoms with Crippen molar-refractivity contribution in [2.75, 3.05) is 19.6 Å². The molecule has 0 unspecified atom stereocenters. The molecule has 0 aliphatic heterocycles. The van der Waals surface area contributed by atoms with Gasteiger partial charge in [-0.2, -0.15) is 13.2 Å². The van der Waals surface area contributed by atoms with Gasteiger partial charge in [-0.1, -0.05) is 0 Å². The molecule has 0 saturated carbocycles. The number of hydrogen-bond acceptors (Lipinski definition) is 3. The average molecular weight is 290 g/mol. The van der Waals surface area contributed by atoms with E-state index < -0.39 is 18.0 Å². The van der Waals surface area contributed by atoms with Crippen molar-refractivity contribution in [2.24, 2.45) is 5.73 Å². The van der Waals surface area contributed by atoms with Crippen LogP contribution in [-0.4, -0.2) is 42.0 Å². The fourth-order valence-corrected chi connectivity index (χ4v) is 1.22. The van der Waals surface area contributed by atoms with Crippen LogP contribution in [0.25, 0.3) is 0 Å². The fraction of sp³-hybridized carbons (Fsp3) is 0.778. The number of carbonyl (C=O) groups excluding carboxylic acids is 2. The second-order valence-electron chi connectivity index (χ2n) is 3.48. The summed E-state index contributed by atoms with van der Waals surface area (Å²) in [6, 6.07) is 0. The Labute approximate surface area is 108 Å². The minimum atomic E-state index is -4.90. The molecule has 18 heavy (non-hydrogen) atoms. The lowest BCUT2D eigenvalue weighted by atomic mass is 10.3. The Bertz CT molecular complexity index is 287. The fourth-order valence-electron chi connectivity index (χ4n) is 1.02. The number of halogens is 4. The van der Waals surface area contributed by atoms with Gasteiger partial charge in [-0.25, -0.2) is 0 Å². The summed E-state index contributed by atoms with van der Waals surface area (Å²) in [5, 5.41) is 1.66. The number of carbonyl (C=O) groups is 2. The molecule has 2 amide bonds. The molecule has 0 aliphatic rings. The Morgan fingerprint density at radius 3 is 2.39 bits per heavy atom. The molecule has 0 aromatic rings. The van der Waals surface area contributed by atoms with E-state index in [1.54, 1.807) is 5.32 Å². The molecule has 9 heteroatoms. The molecule has 0 spiro atoms. The van der Waals surface area contributed by atoms with Crippen LogP contribution in [-0.2, 0) is 9.59 Å². The number of nitrogens with two attached hydrogens (primary N) is 1. The van der Waals surface area contributed by atoms with E-state index in [1.807, 2.05) is 0 Å². The maximum absolute atomic E-state index is 11.8. The van der Waals surface area contributed by atoms with Gasteiger partial charge in [0.25, 0.3) is 0 Å². The van der Waals surface area contributed by atoms with Crippen LogP contribution in [0.15, 0.2) is 0 Å². The molecule has 0 atom stereocenters. The van der Waals surface area contributed by atoms with Crippen molar-refractivity contribution >= 4 is 23.6 Å². The quantitative estimate of drug-likeness (QED) is 0.537. The second kappa shape index (κ2) is 8.15. The van der Waals surface area contributed by atoms with Gasteiger partial charge in [-0.15, -0.1) is 0 Å². The summed E-state index contributed by atoms with van der Waals surface area (Å²) in [5.41, 5.74) is 5.22. The predicted octanol–water partition coefficient (Wildman–Crippen LogP) is 0.776. The van der Waals surface area contributed by atoms with Gasteiger partial charge in [0.1, 0.15) is 0 Å². The number of hydrogen-bond donors (Lipinski definition) is 2. The zero-order chi connectivity index (χ0) is 14.2. The molecule has 3 N–H and O–H groups in total. The third-order valence-electron chi connectivity index (χ3n) is 1.94. The summed E-state index contributed by atoms with van der Waals surface area (Å²) in [7, 11) is 0. The van der Waals surface area contributed by atoms with E-state index >= 15 is 0 Å².